The van der Waals surface area contributed by atoms with Crippen LogP contribution in [0.15, 0.2) is 55.0 Å². The van der Waals surface area contributed by atoms with Gasteiger partial charge in [-0.1, -0.05) is 0 Å². The minimum atomic E-state index is -0.357. The first-order valence-corrected chi connectivity index (χ1v) is 11.3. The lowest BCUT2D eigenvalue weighted by molar-refractivity contribution is 0.0663. The van der Waals surface area contributed by atoms with Gasteiger partial charge in [0, 0.05) is 23.3 Å². The maximum Gasteiger partial charge on any atom is 0.254 e. The molecule has 172 valence electrons. The van der Waals surface area contributed by atoms with E-state index < -0.39 is 0 Å². The second kappa shape index (κ2) is 9.05. The molecule has 0 saturated heterocycles. The first-order chi connectivity index (χ1) is 16.5. The normalized spacial score (nSPS) is 13.7. The molecule has 3 aromatic heterocycles. The van der Waals surface area contributed by atoms with Crippen LogP contribution in [-0.4, -0.2) is 37.3 Å². The maximum atomic E-state index is 13.8. The number of rotatable bonds is 5. The molecular formula is C26H26N6O2. The van der Waals surface area contributed by atoms with Gasteiger partial charge in [0.2, 0.25) is 0 Å². The average Bonchev–Trinajstić information content (AvgIpc) is 2.87. The van der Waals surface area contributed by atoms with Gasteiger partial charge in [-0.2, -0.15) is 0 Å². The van der Waals surface area contributed by atoms with Gasteiger partial charge in [-0.25, -0.2) is 15.0 Å². The molecule has 1 aliphatic heterocycles. The Hall–Kier alpha value is -4.07. The highest BCUT2D eigenvalue weighted by Gasteiger charge is 2.26. The van der Waals surface area contributed by atoms with Gasteiger partial charge in [-0.3, -0.25) is 9.78 Å². The van der Waals surface area contributed by atoms with Crippen LogP contribution < -0.4 is 10.5 Å². The Labute approximate surface area is 197 Å². The predicted octanol–water partition coefficient (Wildman–Crippen LogP) is 4.04. The van der Waals surface area contributed by atoms with E-state index in [0.29, 0.717) is 30.4 Å². The smallest absolute Gasteiger partial charge is 0.254 e. The summed E-state index contributed by atoms with van der Waals surface area (Å²) in [7, 11) is 0. The van der Waals surface area contributed by atoms with Crippen LogP contribution in [0.1, 0.15) is 52.4 Å². The summed E-state index contributed by atoms with van der Waals surface area (Å²) in [5, 5.41) is 0.866. The van der Waals surface area contributed by atoms with Crippen molar-refractivity contribution < 1.29 is 9.53 Å². The Morgan fingerprint density at radius 1 is 1.18 bits per heavy atom. The Bertz CT molecular complexity index is 1360. The zero-order valence-electron chi connectivity index (χ0n) is 19.2. The topological polar surface area (TPSA) is 107 Å². The third-order valence-corrected chi connectivity index (χ3v) is 6.16. The van der Waals surface area contributed by atoms with Crippen molar-refractivity contribution in [2.45, 2.75) is 39.3 Å². The molecule has 0 fully saturated rings. The fourth-order valence-electron chi connectivity index (χ4n) is 4.21. The summed E-state index contributed by atoms with van der Waals surface area (Å²) >= 11 is 0. The van der Waals surface area contributed by atoms with E-state index in [2.05, 4.69) is 19.9 Å². The van der Waals surface area contributed by atoms with Gasteiger partial charge in [0.25, 0.3) is 5.91 Å². The number of carbonyl (C=O) groups excluding carboxylic acids is 1. The SMILES string of the molecule is Cc1cc2cc(C(=O)N(Cc3cc4c(cn3)OCCC4)C(C)c3ncccn3)ccc2nc1N. The molecule has 0 saturated carbocycles. The lowest BCUT2D eigenvalue weighted by Gasteiger charge is -2.29. The van der Waals surface area contributed by atoms with Crippen molar-refractivity contribution in [3.8, 4) is 5.75 Å². The number of nitrogens with zero attached hydrogens (tertiary/aromatic N) is 5. The van der Waals surface area contributed by atoms with Crippen LogP contribution in [0.3, 0.4) is 0 Å². The van der Waals surface area contributed by atoms with Crippen LogP contribution in [0.2, 0.25) is 0 Å². The van der Waals surface area contributed by atoms with Crippen molar-refractivity contribution >= 4 is 22.6 Å². The van der Waals surface area contributed by atoms with Crippen molar-refractivity contribution in [1.82, 2.24) is 24.8 Å². The number of aryl methyl sites for hydroxylation is 2. The van der Waals surface area contributed by atoms with Crippen molar-refractivity contribution in [3.05, 3.63) is 83.2 Å². The van der Waals surface area contributed by atoms with Gasteiger partial charge in [-0.05, 0) is 74.2 Å². The van der Waals surface area contributed by atoms with Gasteiger partial charge in [0.05, 0.1) is 36.6 Å². The fraction of sp³-hybridized carbons (Fsp3) is 0.269. The average molecular weight is 455 g/mol. The van der Waals surface area contributed by atoms with E-state index in [0.717, 1.165) is 46.3 Å². The van der Waals surface area contributed by atoms with E-state index in [1.54, 1.807) is 35.6 Å². The Morgan fingerprint density at radius 2 is 2.00 bits per heavy atom. The molecule has 2 N–H and O–H groups in total. The molecule has 1 atom stereocenters. The van der Waals surface area contributed by atoms with E-state index in [4.69, 9.17) is 10.5 Å². The number of amides is 1. The number of aromatic nitrogens is 4. The zero-order valence-corrected chi connectivity index (χ0v) is 19.2. The van der Waals surface area contributed by atoms with E-state index in [1.165, 1.54) is 0 Å². The Morgan fingerprint density at radius 3 is 2.82 bits per heavy atom. The standard InChI is InChI=1S/C26H26N6O2/c1-16-11-20-12-19(6-7-22(20)31-24(16)27)26(33)32(17(2)25-28-8-4-9-29-25)15-21-13-18-5-3-10-34-23(18)14-30-21/h4,6-9,11-14,17H,3,5,10,15H2,1-2H3,(H2,27,31). The van der Waals surface area contributed by atoms with Gasteiger partial charge in [-0.15, -0.1) is 0 Å². The summed E-state index contributed by atoms with van der Waals surface area (Å²) in [6.07, 6.45) is 7.04. The number of fused-ring (bicyclic) bond motifs is 2. The molecule has 8 nitrogen and oxygen atoms in total. The lowest BCUT2D eigenvalue weighted by atomic mass is 10.1. The van der Waals surface area contributed by atoms with Gasteiger partial charge >= 0.3 is 0 Å². The number of carbonyl (C=O) groups is 1. The van der Waals surface area contributed by atoms with E-state index >= 15 is 0 Å². The Balaban J connectivity index is 1.51. The molecule has 1 aliphatic rings. The molecule has 0 aliphatic carbocycles. The van der Waals surface area contributed by atoms with Crippen molar-refractivity contribution in [2.24, 2.45) is 0 Å². The van der Waals surface area contributed by atoms with E-state index in [1.807, 2.05) is 38.1 Å². The van der Waals surface area contributed by atoms with Gasteiger partial charge in [0.15, 0.2) is 0 Å². The minimum Gasteiger partial charge on any atom is -0.492 e. The number of anilines is 1. The first kappa shape index (κ1) is 21.8. The molecule has 4 aromatic rings. The molecule has 34 heavy (non-hydrogen) atoms. The third kappa shape index (κ3) is 4.26. The van der Waals surface area contributed by atoms with E-state index in [9.17, 15) is 4.79 Å². The molecule has 4 heterocycles. The highest BCUT2D eigenvalue weighted by atomic mass is 16.5. The highest BCUT2D eigenvalue weighted by molar-refractivity contribution is 5.98. The second-order valence-corrected chi connectivity index (χ2v) is 8.55. The van der Waals surface area contributed by atoms with Crippen molar-refractivity contribution in [3.63, 3.8) is 0 Å². The number of hydrogen-bond acceptors (Lipinski definition) is 7. The summed E-state index contributed by atoms with van der Waals surface area (Å²) in [4.78, 5) is 33.4. The summed E-state index contributed by atoms with van der Waals surface area (Å²) in [6.45, 7) is 4.87. The first-order valence-electron chi connectivity index (χ1n) is 11.3. The molecule has 8 heteroatoms. The van der Waals surface area contributed by atoms with Gasteiger partial charge in [0.1, 0.15) is 17.4 Å². The number of ether oxygens (including phenoxy) is 1. The van der Waals surface area contributed by atoms with Crippen molar-refractivity contribution in [2.75, 3.05) is 12.3 Å². The number of nitrogen functional groups attached to an aromatic ring is 1. The number of hydrogen-bond donors (Lipinski definition) is 1. The number of pyridine rings is 2. The fourth-order valence-corrected chi connectivity index (χ4v) is 4.21. The van der Waals surface area contributed by atoms with Crippen LogP contribution >= 0.6 is 0 Å². The second-order valence-electron chi connectivity index (χ2n) is 8.55. The van der Waals surface area contributed by atoms with Crippen LogP contribution in [0.25, 0.3) is 10.9 Å². The minimum absolute atomic E-state index is 0.132. The molecule has 0 bridgehead atoms. The summed E-state index contributed by atoms with van der Waals surface area (Å²) in [6, 6.07) is 10.9. The van der Waals surface area contributed by atoms with Crippen LogP contribution in [0, 0.1) is 6.92 Å². The van der Waals surface area contributed by atoms with E-state index in [-0.39, 0.29) is 11.9 Å². The Kier molecular flexibility index (Phi) is 5.79. The molecule has 1 aromatic carbocycles. The summed E-state index contributed by atoms with van der Waals surface area (Å²) in [5.41, 5.74) is 10.1. The molecule has 1 unspecified atom stereocenters. The van der Waals surface area contributed by atoms with Crippen LogP contribution in [0.4, 0.5) is 5.82 Å². The molecule has 0 radical (unpaired) electrons. The molecule has 5 rings (SSSR count). The highest BCUT2D eigenvalue weighted by Crippen LogP contribution is 2.28. The summed E-state index contributed by atoms with van der Waals surface area (Å²) in [5.74, 6) is 1.75. The monoisotopic (exact) mass is 454 g/mol. The summed E-state index contributed by atoms with van der Waals surface area (Å²) < 4.78 is 5.70. The van der Waals surface area contributed by atoms with Crippen molar-refractivity contribution in [1.29, 1.82) is 0 Å². The number of benzene rings is 1. The molecule has 1 amide bonds. The molecular weight excluding hydrogens is 428 g/mol. The maximum absolute atomic E-state index is 13.8. The predicted molar refractivity (Wildman–Crippen MR) is 129 cm³/mol. The zero-order chi connectivity index (χ0) is 23.7. The largest absolute Gasteiger partial charge is 0.492 e. The third-order valence-electron chi connectivity index (χ3n) is 6.16. The quantitative estimate of drug-likeness (QED) is 0.485. The number of nitrogens with two attached hydrogens (primary N) is 1. The van der Waals surface area contributed by atoms with Crippen LogP contribution in [0.5, 0.6) is 5.75 Å². The molecule has 0 spiro atoms. The van der Waals surface area contributed by atoms with Crippen LogP contribution in [-0.2, 0) is 13.0 Å². The lowest BCUT2D eigenvalue weighted by Crippen LogP contribution is -2.34. The van der Waals surface area contributed by atoms with Gasteiger partial charge < -0.3 is 15.4 Å².